The van der Waals surface area contributed by atoms with Crippen molar-refractivity contribution in [1.82, 2.24) is 15.5 Å². The number of nitrogens with zero attached hydrogens (tertiary/aromatic N) is 1. The number of benzene rings is 1. The van der Waals surface area contributed by atoms with Gasteiger partial charge >= 0.3 is 0 Å². The minimum absolute atomic E-state index is 0.0430. The van der Waals surface area contributed by atoms with Crippen LogP contribution in [0.4, 0.5) is 4.39 Å². The molecule has 21 heavy (non-hydrogen) atoms. The molecule has 0 saturated carbocycles. The number of hydrogen-bond acceptors (Lipinski definition) is 3. The number of rotatable bonds is 7. The van der Waals surface area contributed by atoms with E-state index >= 15 is 0 Å². The molecule has 2 N–H and O–H groups in total. The van der Waals surface area contributed by atoms with Crippen LogP contribution in [0.1, 0.15) is 25.3 Å². The molecule has 0 spiro atoms. The Balaban J connectivity index is 1.83. The largest absolute Gasteiger partial charge is 0.351 e. The minimum Gasteiger partial charge on any atom is -0.351 e. The number of halogens is 1. The summed E-state index contributed by atoms with van der Waals surface area (Å²) < 4.78 is 13.5. The van der Waals surface area contributed by atoms with E-state index in [-0.39, 0.29) is 18.3 Å². The maximum atomic E-state index is 13.5. The molecule has 0 aromatic heterocycles. The fraction of sp³-hybridized carbons (Fsp3) is 0.562. The van der Waals surface area contributed by atoms with E-state index in [4.69, 9.17) is 0 Å². The van der Waals surface area contributed by atoms with Gasteiger partial charge in [0.1, 0.15) is 5.82 Å². The SMILES string of the molecule is CCCN(CC(=O)NCc1ccccc1F)C1CCNC1. The van der Waals surface area contributed by atoms with Crippen molar-refractivity contribution < 1.29 is 9.18 Å². The lowest BCUT2D eigenvalue weighted by atomic mass is 10.2. The molecule has 1 fully saturated rings. The van der Waals surface area contributed by atoms with Crippen LogP contribution >= 0.6 is 0 Å². The Kier molecular flexibility index (Phi) is 6.14. The van der Waals surface area contributed by atoms with E-state index in [1.807, 2.05) is 0 Å². The minimum atomic E-state index is -0.275. The van der Waals surface area contributed by atoms with Crippen LogP contribution in [0.3, 0.4) is 0 Å². The Labute approximate surface area is 125 Å². The van der Waals surface area contributed by atoms with Crippen molar-refractivity contribution in [2.75, 3.05) is 26.2 Å². The summed E-state index contributed by atoms with van der Waals surface area (Å²) >= 11 is 0. The molecule has 1 aliphatic rings. The van der Waals surface area contributed by atoms with Crippen LogP contribution in [-0.4, -0.2) is 43.0 Å². The van der Waals surface area contributed by atoms with Crippen LogP contribution in [0, 0.1) is 5.82 Å². The summed E-state index contributed by atoms with van der Waals surface area (Å²) in [5.74, 6) is -0.318. The first-order valence-corrected chi connectivity index (χ1v) is 7.65. The molecule has 1 aliphatic heterocycles. The molecule has 0 aliphatic carbocycles. The fourth-order valence-corrected chi connectivity index (χ4v) is 2.70. The van der Waals surface area contributed by atoms with Gasteiger partial charge in [0, 0.05) is 24.7 Å². The molecule has 1 aromatic carbocycles. The molecule has 1 saturated heterocycles. The Morgan fingerprint density at radius 2 is 2.29 bits per heavy atom. The van der Waals surface area contributed by atoms with E-state index in [9.17, 15) is 9.18 Å². The predicted octanol–water partition coefficient (Wildman–Crippen LogP) is 1.52. The molecule has 5 heteroatoms. The van der Waals surface area contributed by atoms with E-state index in [1.54, 1.807) is 18.2 Å². The quantitative estimate of drug-likeness (QED) is 0.801. The lowest BCUT2D eigenvalue weighted by Gasteiger charge is -2.27. The van der Waals surface area contributed by atoms with Gasteiger partial charge in [0.15, 0.2) is 0 Å². The van der Waals surface area contributed by atoms with Crippen molar-refractivity contribution in [3.8, 4) is 0 Å². The smallest absolute Gasteiger partial charge is 0.234 e. The van der Waals surface area contributed by atoms with Crippen molar-refractivity contribution in [3.05, 3.63) is 35.6 Å². The number of nitrogens with one attached hydrogen (secondary N) is 2. The molecule has 4 nitrogen and oxygen atoms in total. The van der Waals surface area contributed by atoms with E-state index in [1.165, 1.54) is 6.07 Å². The number of carbonyl (C=O) groups is 1. The summed E-state index contributed by atoms with van der Waals surface area (Å²) in [6, 6.07) is 6.97. The van der Waals surface area contributed by atoms with Crippen LogP contribution in [0.5, 0.6) is 0 Å². The van der Waals surface area contributed by atoms with Crippen LogP contribution in [0.2, 0.25) is 0 Å². The highest BCUT2D eigenvalue weighted by atomic mass is 19.1. The summed E-state index contributed by atoms with van der Waals surface area (Å²) in [6.07, 6.45) is 2.11. The second-order valence-corrected chi connectivity index (χ2v) is 5.49. The lowest BCUT2D eigenvalue weighted by Crippen LogP contribution is -2.44. The summed E-state index contributed by atoms with van der Waals surface area (Å²) in [5.41, 5.74) is 0.524. The second-order valence-electron chi connectivity index (χ2n) is 5.49. The number of hydrogen-bond donors (Lipinski definition) is 2. The zero-order valence-electron chi connectivity index (χ0n) is 12.6. The molecule has 1 unspecified atom stereocenters. The molecule has 0 bridgehead atoms. The van der Waals surface area contributed by atoms with Gasteiger partial charge in [-0.05, 0) is 32.0 Å². The van der Waals surface area contributed by atoms with E-state index < -0.39 is 0 Å². The lowest BCUT2D eigenvalue weighted by molar-refractivity contribution is -0.122. The zero-order chi connectivity index (χ0) is 15.1. The van der Waals surface area contributed by atoms with Gasteiger partial charge in [-0.15, -0.1) is 0 Å². The third-order valence-electron chi connectivity index (χ3n) is 3.84. The molecule has 116 valence electrons. The molecule has 2 rings (SSSR count). The maximum Gasteiger partial charge on any atom is 0.234 e. The van der Waals surface area contributed by atoms with Crippen molar-refractivity contribution >= 4 is 5.91 Å². The van der Waals surface area contributed by atoms with Crippen molar-refractivity contribution in [2.24, 2.45) is 0 Å². The molecule has 1 heterocycles. The molecular formula is C16H24FN3O. The summed E-state index contributed by atoms with van der Waals surface area (Å²) in [6.45, 7) is 5.62. The second kappa shape index (κ2) is 8.10. The summed E-state index contributed by atoms with van der Waals surface area (Å²) in [7, 11) is 0. The maximum absolute atomic E-state index is 13.5. The topological polar surface area (TPSA) is 44.4 Å². The average Bonchev–Trinajstić information content (AvgIpc) is 3.00. The van der Waals surface area contributed by atoms with E-state index in [2.05, 4.69) is 22.5 Å². The molecule has 0 radical (unpaired) electrons. The third kappa shape index (κ3) is 4.79. The molecule has 1 atom stereocenters. The van der Waals surface area contributed by atoms with Crippen LogP contribution < -0.4 is 10.6 Å². The Morgan fingerprint density at radius 1 is 1.48 bits per heavy atom. The highest BCUT2D eigenvalue weighted by molar-refractivity contribution is 5.78. The van der Waals surface area contributed by atoms with Crippen LogP contribution in [0.15, 0.2) is 24.3 Å². The first kappa shape index (κ1) is 15.9. The third-order valence-corrected chi connectivity index (χ3v) is 3.84. The first-order valence-electron chi connectivity index (χ1n) is 7.65. The van der Waals surface area contributed by atoms with Crippen molar-refractivity contribution in [2.45, 2.75) is 32.4 Å². The van der Waals surface area contributed by atoms with Crippen molar-refractivity contribution in [1.29, 1.82) is 0 Å². The fourth-order valence-electron chi connectivity index (χ4n) is 2.70. The predicted molar refractivity (Wildman–Crippen MR) is 81.4 cm³/mol. The average molecular weight is 293 g/mol. The van der Waals surface area contributed by atoms with Gasteiger partial charge in [-0.2, -0.15) is 0 Å². The highest BCUT2D eigenvalue weighted by Crippen LogP contribution is 2.09. The van der Waals surface area contributed by atoms with Crippen molar-refractivity contribution in [3.63, 3.8) is 0 Å². The Bertz CT molecular complexity index is 461. The summed E-state index contributed by atoms with van der Waals surface area (Å²) in [5, 5.41) is 6.14. The zero-order valence-corrected chi connectivity index (χ0v) is 12.6. The number of carbonyl (C=O) groups excluding carboxylic acids is 1. The molecular weight excluding hydrogens is 269 g/mol. The van der Waals surface area contributed by atoms with Gasteiger partial charge in [-0.1, -0.05) is 25.1 Å². The van der Waals surface area contributed by atoms with Crippen LogP contribution in [-0.2, 0) is 11.3 Å². The van der Waals surface area contributed by atoms with Gasteiger partial charge in [0.05, 0.1) is 6.54 Å². The van der Waals surface area contributed by atoms with Crippen LogP contribution in [0.25, 0.3) is 0 Å². The Hall–Kier alpha value is -1.46. The Morgan fingerprint density at radius 3 is 2.95 bits per heavy atom. The van der Waals surface area contributed by atoms with E-state index in [0.717, 1.165) is 32.5 Å². The molecule has 1 amide bonds. The standard InChI is InChI=1S/C16H24FN3O/c1-2-9-20(14-7-8-18-11-14)12-16(21)19-10-13-5-3-4-6-15(13)17/h3-6,14,18H,2,7-12H2,1H3,(H,19,21). The highest BCUT2D eigenvalue weighted by Gasteiger charge is 2.23. The van der Waals surface area contributed by atoms with E-state index in [0.29, 0.717) is 18.2 Å². The molecule has 1 aromatic rings. The van der Waals surface area contributed by atoms with Gasteiger partial charge in [-0.25, -0.2) is 4.39 Å². The van der Waals surface area contributed by atoms with Gasteiger partial charge in [0.2, 0.25) is 5.91 Å². The first-order chi connectivity index (χ1) is 10.2. The normalized spacial score (nSPS) is 18.1. The van der Waals surface area contributed by atoms with Gasteiger partial charge < -0.3 is 10.6 Å². The number of amides is 1. The monoisotopic (exact) mass is 293 g/mol. The van der Waals surface area contributed by atoms with Gasteiger partial charge in [-0.3, -0.25) is 9.69 Å². The van der Waals surface area contributed by atoms with Gasteiger partial charge in [0.25, 0.3) is 0 Å². The summed E-state index contributed by atoms with van der Waals surface area (Å²) in [4.78, 5) is 14.3.